The van der Waals surface area contributed by atoms with Crippen molar-refractivity contribution < 1.29 is 19.4 Å². The molecule has 90 valence electrons. The fraction of sp³-hybridized carbons (Fsp3) is 0.545. The first kappa shape index (κ1) is 12.7. The van der Waals surface area contributed by atoms with Gasteiger partial charge in [-0.25, -0.2) is 4.79 Å². The summed E-state index contributed by atoms with van der Waals surface area (Å²) in [6, 6.07) is 1.42. The quantitative estimate of drug-likeness (QED) is 0.652. The van der Waals surface area contributed by atoms with Crippen LogP contribution in [0.1, 0.15) is 35.9 Å². The zero-order chi connectivity index (χ0) is 12.0. The minimum Gasteiger partial charge on any atom is -0.478 e. The van der Waals surface area contributed by atoms with Gasteiger partial charge in [0.25, 0.3) is 0 Å². The maximum atomic E-state index is 10.7. The fourth-order valence-corrected chi connectivity index (χ4v) is 1.46. The van der Waals surface area contributed by atoms with Gasteiger partial charge in [-0.05, 0) is 12.5 Å². The molecule has 5 heteroatoms. The first-order valence-electron chi connectivity index (χ1n) is 5.33. The maximum Gasteiger partial charge on any atom is 0.339 e. The predicted molar refractivity (Wildman–Crippen MR) is 58.3 cm³/mol. The second kappa shape index (κ2) is 6.30. The van der Waals surface area contributed by atoms with Gasteiger partial charge in [0.2, 0.25) is 0 Å². The Hall–Kier alpha value is -1.33. The van der Waals surface area contributed by atoms with Crippen LogP contribution in [0, 0.1) is 0 Å². The van der Waals surface area contributed by atoms with Crippen LogP contribution in [-0.4, -0.2) is 28.8 Å². The van der Waals surface area contributed by atoms with Gasteiger partial charge in [0.05, 0.1) is 18.9 Å². The summed E-state index contributed by atoms with van der Waals surface area (Å²) >= 11 is 0. The molecule has 0 aliphatic heterocycles. The van der Waals surface area contributed by atoms with Crippen molar-refractivity contribution in [1.82, 2.24) is 5.32 Å². The summed E-state index contributed by atoms with van der Waals surface area (Å²) in [4.78, 5) is 10.7. The average molecular weight is 227 g/mol. The Balaban J connectivity index is 2.37. The average Bonchev–Trinajstić information content (AvgIpc) is 2.66. The minimum atomic E-state index is -1.00. The Morgan fingerprint density at radius 3 is 3.00 bits per heavy atom. The lowest BCUT2D eigenvalue weighted by atomic mass is 10.2. The largest absolute Gasteiger partial charge is 0.478 e. The van der Waals surface area contributed by atoms with E-state index < -0.39 is 12.1 Å². The summed E-state index contributed by atoms with van der Waals surface area (Å²) in [5.41, 5.74) is 0.164. The molecule has 1 aromatic rings. The van der Waals surface area contributed by atoms with Crippen LogP contribution < -0.4 is 5.32 Å². The summed E-state index contributed by atoms with van der Waals surface area (Å²) < 4.78 is 5.04. The molecule has 0 aliphatic rings. The summed E-state index contributed by atoms with van der Waals surface area (Å²) in [5.74, 6) is -0.615. The zero-order valence-corrected chi connectivity index (χ0v) is 9.27. The van der Waals surface area contributed by atoms with Crippen LogP contribution in [0.25, 0.3) is 0 Å². The molecule has 0 saturated heterocycles. The van der Waals surface area contributed by atoms with E-state index in [0.717, 1.165) is 12.8 Å². The Bertz CT molecular complexity index is 334. The highest BCUT2D eigenvalue weighted by Crippen LogP contribution is 2.10. The monoisotopic (exact) mass is 227 g/mol. The van der Waals surface area contributed by atoms with E-state index in [2.05, 4.69) is 5.32 Å². The third-order valence-electron chi connectivity index (χ3n) is 2.26. The van der Waals surface area contributed by atoms with Gasteiger partial charge in [-0.1, -0.05) is 13.3 Å². The molecule has 0 fully saturated rings. The molecule has 5 nitrogen and oxygen atoms in total. The molecule has 1 rings (SSSR count). The van der Waals surface area contributed by atoms with E-state index in [1.54, 1.807) is 0 Å². The molecular formula is C11H17NO4. The normalized spacial score (nSPS) is 12.6. The van der Waals surface area contributed by atoms with Crippen LogP contribution in [-0.2, 0) is 6.54 Å². The van der Waals surface area contributed by atoms with Crippen LogP contribution >= 0.6 is 0 Å². The van der Waals surface area contributed by atoms with Crippen LogP contribution in [0.2, 0.25) is 0 Å². The van der Waals surface area contributed by atoms with Gasteiger partial charge >= 0.3 is 5.97 Å². The van der Waals surface area contributed by atoms with E-state index in [9.17, 15) is 9.90 Å². The number of nitrogens with one attached hydrogen (secondary N) is 1. The van der Waals surface area contributed by atoms with Gasteiger partial charge < -0.3 is 19.9 Å². The van der Waals surface area contributed by atoms with Crippen LogP contribution in [0.5, 0.6) is 0 Å². The third kappa shape index (κ3) is 3.67. The van der Waals surface area contributed by atoms with Gasteiger partial charge in [-0.15, -0.1) is 0 Å². The van der Waals surface area contributed by atoms with Crippen molar-refractivity contribution >= 4 is 5.97 Å². The third-order valence-corrected chi connectivity index (χ3v) is 2.26. The number of aliphatic hydroxyl groups is 1. The van der Waals surface area contributed by atoms with Crippen molar-refractivity contribution in [3.63, 3.8) is 0 Å². The molecule has 0 amide bonds. The van der Waals surface area contributed by atoms with Gasteiger partial charge in [-0.3, -0.25) is 0 Å². The van der Waals surface area contributed by atoms with Crippen molar-refractivity contribution in [3.8, 4) is 0 Å². The topological polar surface area (TPSA) is 82.7 Å². The molecule has 1 heterocycles. The van der Waals surface area contributed by atoms with Crippen LogP contribution in [0.15, 0.2) is 16.7 Å². The molecule has 0 bridgehead atoms. The molecule has 0 aromatic carbocycles. The van der Waals surface area contributed by atoms with Crippen LogP contribution in [0.3, 0.4) is 0 Å². The Morgan fingerprint density at radius 1 is 1.62 bits per heavy atom. The molecule has 0 radical (unpaired) electrons. The molecule has 1 atom stereocenters. The minimum absolute atomic E-state index is 0.164. The number of aromatic carboxylic acids is 1. The first-order chi connectivity index (χ1) is 7.65. The van der Waals surface area contributed by atoms with E-state index in [1.165, 1.54) is 12.3 Å². The van der Waals surface area contributed by atoms with Crippen molar-refractivity contribution in [2.45, 2.75) is 32.4 Å². The number of hydrogen-bond acceptors (Lipinski definition) is 4. The van der Waals surface area contributed by atoms with Gasteiger partial charge in [-0.2, -0.15) is 0 Å². The lowest BCUT2D eigenvalue weighted by Gasteiger charge is -2.09. The molecule has 0 saturated carbocycles. The zero-order valence-electron chi connectivity index (χ0n) is 9.27. The standard InChI is InChI=1S/C11H17NO4/c1-2-3-8(13)6-12-7-10-9(11(14)15)4-5-16-10/h4-5,8,12-13H,2-3,6-7H2,1H3,(H,14,15). The van der Waals surface area contributed by atoms with Gasteiger partial charge in [0, 0.05) is 6.54 Å². The van der Waals surface area contributed by atoms with E-state index >= 15 is 0 Å². The number of carbonyl (C=O) groups is 1. The molecule has 1 aromatic heterocycles. The van der Waals surface area contributed by atoms with Crippen molar-refractivity contribution in [3.05, 3.63) is 23.7 Å². The van der Waals surface area contributed by atoms with E-state index in [1.807, 2.05) is 6.92 Å². The van der Waals surface area contributed by atoms with Crippen molar-refractivity contribution in [2.24, 2.45) is 0 Å². The smallest absolute Gasteiger partial charge is 0.339 e. The molecule has 0 aliphatic carbocycles. The van der Waals surface area contributed by atoms with Crippen molar-refractivity contribution in [2.75, 3.05) is 6.54 Å². The number of hydrogen-bond donors (Lipinski definition) is 3. The summed E-state index contributed by atoms with van der Waals surface area (Å²) in [6.07, 6.45) is 2.61. The van der Waals surface area contributed by atoms with E-state index in [-0.39, 0.29) is 5.56 Å². The number of carboxylic acid groups (broad SMARTS) is 1. The van der Waals surface area contributed by atoms with Crippen molar-refractivity contribution in [1.29, 1.82) is 0 Å². The maximum absolute atomic E-state index is 10.7. The van der Waals surface area contributed by atoms with E-state index in [0.29, 0.717) is 18.8 Å². The highest BCUT2D eigenvalue weighted by molar-refractivity contribution is 5.88. The lowest BCUT2D eigenvalue weighted by molar-refractivity contribution is 0.0694. The Morgan fingerprint density at radius 2 is 2.38 bits per heavy atom. The second-order valence-corrected chi connectivity index (χ2v) is 3.64. The number of rotatable bonds is 7. The number of aliphatic hydroxyl groups excluding tert-OH is 1. The Labute approximate surface area is 94.1 Å². The second-order valence-electron chi connectivity index (χ2n) is 3.64. The molecule has 16 heavy (non-hydrogen) atoms. The molecule has 0 spiro atoms. The summed E-state index contributed by atoms with van der Waals surface area (Å²) in [5, 5.41) is 21.2. The lowest BCUT2D eigenvalue weighted by Crippen LogP contribution is -2.26. The number of carboxylic acids is 1. The molecular weight excluding hydrogens is 210 g/mol. The highest BCUT2D eigenvalue weighted by atomic mass is 16.4. The molecule has 1 unspecified atom stereocenters. The van der Waals surface area contributed by atoms with Gasteiger partial charge in [0.15, 0.2) is 0 Å². The SMILES string of the molecule is CCCC(O)CNCc1occc1C(=O)O. The summed E-state index contributed by atoms with van der Waals surface area (Å²) in [7, 11) is 0. The van der Waals surface area contributed by atoms with Gasteiger partial charge in [0.1, 0.15) is 11.3 Å². The fourth-order valence-electron chi connectivity index (χ4n) is 1.46. The predicted octanol–water partition coefficient (Wildman–Crippen LogP) is 1.23. The highest BCUT2D eigenvalue weighted by Gasteiger charge is 2.13. The Kier molecular flexibility index (Phi) is 5.01. The van der Waals surface area contributed by atoms with Crippen LogP contribution in [0.4, 0.5) is 0 Å². The first-order valence-corrected chi connectivity index (χ1v) is 5.33. The molecule has 3 N–H and O–H groups in total. The van der Waals surface area contributed by atoms with E-state index in [4.69, 9.17) is 9.52 Å². The summed E-state index contributed by atoms with van der Waals surface area (Å²) in [6.45, 7) is 2.75. The number of furan rings is 1.